The average Bonchev–Trinajstić information content (AvgIpc) is 3.07. The Morgan fingerprint density at radius 2 is 1.68 bits per heavy atom. The van der Waals surface area contributed by atoms with Gasteiger partial charge in [0.2, 0.25) is 11.8 Å². The van der Waals surface area contributed by atoms with Gasteiger partial charge in [-0.05, 0) is 54.4 Å². The highest BCUT2D eigenvalue weighted by Crippen LogP contribution is 2.38. The molecule has 6 nitrogen and oxygen atoms in total. The van der Waals surface area contributed by atoms with Gasteiger partial charge in [-0.15, -0.1) is 0 Å². The highest BCUT2D eigenvalue weighted by Gasteiger charge is 2.17. The van der Waals surface area contributed by atoms with Gasteiger partial charge in [0.15, 0.2) is 11.5 Å². The van der Waals surface area contributed by atoms with Crippen molar-refractivity contribution < 1.29 is 19.1 Å². The maximum absolute atomic E-state index is 12.8. The van der Waals surface area contributed by atoms with Gasteiger partial charge in [0.25, 0.3) is 0 Å². The van der Waals surface area contributed by atoms with Crippen LogP contribution >= 0.6 is 11.6 Å². The fourth-order valence-corrected chi connectivity index (χ4v) is 4.15. The number of halogens is 1. The van der Waals surface area contributed by atoms with Crippen molar-refractivity contribution in [2.45, 2.75) is 26.2 Å². The van der Waals surface area contributed by atoms with E-state index in [0.29, 0.717) is 42.0 Å². The average molecular weight is 479 g/mol. The third kappa shape index (κ3) is 5.88. The van der Waals surface area contributed by atoms with Crippen molar-refractivity contribution in [3.05, 3.63) is 82.9 Å². The number of carbonyl (C=O) groups excluding carboxylic acids is 2. The van der Waals surface area contributed by atoms with Gasteiger partial charge >= 0.3 is 0 Å². The first kappa shape index (κ1) is 23.6. The predicted octanol–water partition coefficient (Wildman–Crippen LogP) is 5.28. The molecule has 3 aromatic rings. The molecule has 0 bridgehead atoms. The molecule has 176 valence electrons. The van der Waals surface area contributed by atoms with Crippen molar-refractivity contribution >= 4 is 34.8 Å². The Kier molecular flexibility index (Phi) is 7.70. The van der Waals surface area contributed by atoms with Crippen LogP contribution in [0.15, 0.2) is 66.7 Å². The van der Waals surface area contributed by atoms with E-state index in [9.17, 15) is 9.59 Å². The molecule has 0 unspecified atom stereocenters. The molecule has 1 heterocycles. The van der Waals surface area contributed by atoms with E-state index in [1.165, 1.54) is 0 Å². The summed E-state index contributed by atoms with van der Waals surface area (Å²) in [4.78, 5) is 27.1. The van der Waals surface area contributed by atoms with Crippen LogP contribution in [0.2, 0.25) is 5.02 Å². The van der Waals surface area contributed by atoms with Crippen LogP contribution in [0.4, 0.5) is 11.4 Å². The zero-order valence-electron chi connectivity index (χ0n) is 19.1. The Morgan fingerprint density at radius 1 is 0.941 bits per heavy atom. The lowest BCUT2D eigenvalue weighted by Crippen LogP contribution is -2.31. The number of ether oxygens (including phenoxy) is 2. The topological polar surface area (TPSA) is 67.9 Å². The minimum absolute atomic E-state index is 0.0248. The second kappa shape index (κ2) is 11.1. The molecule has 1 aliphatic rings. The van der Waals surface area contributed by atoms with Crippen molar-refractivity contribution in [1.29, 1.82) is 0 Å². The predicted molar refractivity (Wildman–Crippen MR) is 134 cm³/mol. The summed E-state index contributed by atoms with van der Waals surface area (Å²) in [6.45, 7) is 3.66. The van der Waals surface area contributed by atoms with Crippen molar-refractivity contribution in [3.63, 3.8) is 0 Å². The van der Waals surface area contributed by atoms with Gasteiger partial charge in [-0.2, -0.15) is 0 Å². The van der Waals surface area contributed by atoms with E-state index >= 15 is 0 Å². The maximum Gasteiger partial charge on any atom is 0.231 e. The summed E-state index contributed by atoms with van der Waals surface area (Å²) < 4.78 is 11.3. The first-order chi connectivity index (χ1) is 16.5. The lowest BCUT2D eigenvalue weighted by molar-refractivity contribution is -0.118. The molecule has 0 spiro atoms. The van der Waals surface area contributed by atoms with E-state index in [1.54, 1.807) is 29.2 Å². The zero-order valence-corrected chi connectivity index (χ0v) is 19.8. The van der Waals surface area contributed by atoms with Crippen LogP contribution in [0, 0.1) is 0 Å². The number of anilines is 2. The fourth-order valence-electron chi connectivity index (χ4n) is 3.86. The molecule has 3 aromatic carbocycles. The molecule has 0 saturated carbocycles. The number of likely N-dealkylation sites (N-methyl/N-ethyl adjacent to an activating group) is 1. The smallest absolute Gasteiger partial charge is 0.231 e. The first-order valence-electron chi connectivity index (χ1n) is 11.4. The molecule has 0 atom stereocenters. The molecule has 0 aliphatic carbocycles. The number of rotatable bonds is 7. The molecule has 1 N–H and O–H groups in total. The largest absolute Gasteiger partial charge is 0.489 e. The molecule has 0 aromatic heterocycles. The van der Waals surface area contributed by atoms with Crippen LogP contribution in [0.3, 0.4) is 0 Å². The number of hydrogen-bond donors (Lipinski definition) is 1. The SMILES string of the molecule is CCN(C(=O)Cc1ccc(NC(=O)Cc2cc(Cl)c3c(c2)OCCCO3)cc1)c1ccccc1. The fraction of sp³-hybridized carbons (Fsp3) is 0.259. The number of fused-ring (bicyclic) bond motifs is 1. The zero-order chi connectivity index (χ0) is 23.9. The molecule has 34 heavy (non-hydrogen) atoms. The second-order valence-electron chi connectivity index (χ2n) is 8.03. The van der Waals surface area contributed by atoms with Crippen LogP contribution in [-0.2, 0) is 22.4 Å². The molecule has 1 aliphatic heterocycles. The van der Waals surface area contributed by atoms with E-state index in [0.717, 1.165) is 23.2 Å². The van der Waals surface area contributed by atoms with Crippen molar-refractivity contribution in [1.82, 2.24) is 0 Å². The Balaban J connectivity index is 1.35. The Bertz CT molecular complexity index is 1150. The lowest BCUT2D eigenvalue weighted by Gasteiger charge is -2.21. The van der Waals surface area contributed by atoms with Crippen LogP contribution in [0.5, 0.6) is 11.5 Å². The van der Waals surface area contributed by atoms with E-state index in [4.69, 9.17) is 21.1 Å². The Morgan fingerprint density at radius 3 is 2.41 bits per heavy atom. The van der Waals surface area contributed by atoms with Gasteiger partial charge in [0.1, 0.15) is 0 Å². The summed E-state index contributed by atoms with van der Waals surface area (Å²) in [6, 6.07) is 20.5. The molecule has 0 radical (unpaired) electrons. The van der Waals surface area contributed by atoms with Crippen molar-refractivity contribution in [2.24, 2.45) is 0 Å². The summed E-state index contributed by atoms with van der Waals surface area (Å²) >= 11 is 6.33. The van der Waals surface area contributed by atoms with Crippen molar-refractivity contribution in [2.75, 3.05) is 30.0 Å². The third-order valence-corrected chi connectivity index (χ3v) is 5.79. The minimum atomic E-state index is -0.171. The summed E-state index contributed by atoms with van der Waals surface area (Å²) in [5, 5.41) is 3.33. The van der Waals surface area contributed by atoms with Crippen LogP contribution in [-0.4, -0.2) is 31.6 Å². The molecule has 7 heteroatoms. The molecule has 0 fully saturated rings. The monoisotopic (exact) mass is 478 g/mol. The quantitative estimate of drug-likeness (QED) is 0.501. The van der Waals surface area contributed by atoms with Gasteiger partial charge < -0.3 is 19.7 Å². The highest BCUT2D eigenvalue weighted by atomic mass is 35.5. The lowest BCUT2D eigenvalue weighted by atomic mass is 10.1. The van der Waals surface area contributed by atoms with Crippen LogP contribution in [0.1, 0.15) is 24.5 Å². The molecular weight excluding hydrogens is 452 g/mol. The maximum atomic E-state index is 12.8. The van der Waals surface area contributed by atoms with Gasteiger partial charge in [0.05, 0.1) is 31.1 Å². The summed E-state index contributed by atoms with van der Waals surface area (Å²) in [7, 11) is 0. The molecule has 4 rings (SSSR count). The molecular formula is C27H27ClN2O4. The number of carbonyl (C=O) groups is 2. The first-order valence-corrected chi connectivity index (χ1v) is 11.7. The molecule has 2 amide bonds. The summed E-state index contributed by atoms with van der Waals surface area (Å²) in [6.07, 6.45) is 1.22. The van der Waals surface area contributed by atoms with Gasteiger partial charge in [-0.25, -0.2) is 0 Å². The van der Waals surface area contributed by atoms with E-state index in [-0.39, 0.29) is 24.7 Å². The number of nitrogens with zero attached hydrogens (tertiary/aromatic N) is 1. The minimum Gasteiger partial charge on any atom is -0.489 e. The number of amides is 2. The van der Waals surface area contributed by atoms with E-state index in [2.05, 4.69) is 5.32 Å². The second-order valence-corrected chi connectivity index (χ2v) is 8.43. The van der Waals surface area contributed by atoms with Gasteiger partial charge in [-0.1, -0.05) is 41.9 Å². The normalized spacial score (nSPS) is 12.5. The Labute approximate surface area is 204 Å². The standard InChI is InChI=1S/C27H27ClN2O4/c1-2-30(22-7-4-3-5-8-22)26(32)18-19-9-11-21(12-10-19)29-25(31)17-20-15-23(28)27-24(16-20)33-13-6-14-34-27/h3-5,7-12,15-16H,2,6,13-14,17-18H2,1H3,(H,29,31). The summed E-state index contributed by atoms with van der Waals surface area (Å²) in [5.74, 6) is 0.952. The van der Waals surface area contributed by atoms with Gasteiger partial charge in [0, 0.05) is 24.3 Å². The van der Waals surface area contributed by atoms with Crippen LogP contribution < -0.4 is 19.7 Å². The number of nitrogens with one attached hydrogen (secondary N) is 1. The highest BCUT2D eigenvalue weighted by molar-refractivity contribution is 6.32. The number of benzene rings is 3. The Hall–Kier alpha value is -3.51. The van der Waals surface area contributed by atoms with E-state index < -0.39 is 0 Å². The van der Waals surface area contributed by atoms with Gasteiger partial charge in [-0.3, -0.25) is 9.59 Å². The number of para-hydroxylation sites is 1. The van der Waals surface area contributed by atoms with E-state index in [1.807, 2.05) is 49.4 Å². The number of hydrogen-bond acceptors (Lipinski definition) is 4. The van der Waals surface area contributed by atoms with Crippen LogP contribution in [0.25, 0.3) is 0 Å². The third-order valence-electron chi connectivity index (χ3n) is 5.50. The van der Waals surface area contributed by atoms with Crippen molar-refractivity contribution in [3.8, 4) is 11.5 Å². The molecule has 0 saturated heterocycles. The summed E-state index contributed by atoms with van der Waals surface area (Å²) in [5.41, 5.74) is 3.17.